The Balaban J connectivity index is 2.02. The van der Waals surface area contributed by atoms with Crippen LogP contribution in [-0.2, 0) is 9.59 Å². The number of carbonyl (C=O) groups is 2. The summed E-state index contributed by atoms with van der Waals surface area (Å²) in [6.07, 6.45) is 3.98. The topological polar surface area (TPSA) is 85.6 Å². The van der Waals surface area contributed by atoms with Crippen molar-refractivity contribution in [2.24, 2.45) is 4.99 Å². The van der Waals surface area contributed by atoms with Gasteiger partial charge in [-0.15, -0.1) is 0 Å². The summed E-state index contributed by atoms with van der Waals surface area (Å²) in [5.74, 6) is -0.321. The zero-order valence-corrected chi connectivity index (χ0v) is 17.8. The van der Waals surface area contributed by atoms with Gasteiger partial charge in [0.05, 0.1) is 10.6 Å². The molecule has 0 aromatic heterocycles. The molecule has 8 heteroatoms. The monoisotopic (exact) mass is 420 g/mol. The first-order chi connectivity index (χ1) is 13.5. The van der Waals surface area contributed by atoms with E-state index >= 15 is 0 Å². The van der Waals surface area contributed by atoms with Crippen molar-refractivity contribution < 1.29 is 9.59 Å². The van der Waals surface area contributed by atoms with E-state index in [0.717, 1.165) is 30.9 Å². The fraction of sp³-hybridized carbons (Fsp3) is 0.500. The van der Waals surface area contributed by atoms with Gasteiger partial charge in [0.1, 0.15) is 11.3 Å². The molecule has 150 valence electrons. The van der Waals surface area contributed by atoms with Gasteiger partial charge in [-0.25, -0.2) is 0 Å². The number of rotatable bonds is 9. The molecule has 28 heavy (non-hydrogen) atoms. The largest absolute Gasteiger partial charge is 0.326 e. The zero-order chi connectivity index (χ0) is 20.5. The first kappa shape index (κ1) is 22.3. The van der Waals surface area contributed by atoms with E-state index in [1.165, 1.54) is 17.8 Å². The molecule has 1 heterocycles. The maximum atomic E-state index is 12.8. The van der Waals surface area contributed by atoms with Gasteiger partial charge >= 0.3 is 0 Å². The van der Waals surface area contributed by atoms with Crippen LogP contribution in [0.15, 0.2) is 23.2 Å². The Morgan fingerprint density at radius 1 is 1.36 bits per heavy atom. The van der Waals surface area contributed by atoms with Crippen LogP contribution in [0.2, 0.25) is 5.02 Å². The predicted octanol–water partition coefficient (Wildman–Crippen LogP) is 4.44. The van der Waals surface area contributed by atoms with Crippen LogP contribution in [0.3, 0.4) is 0 Å². The van der Waals surface area contributed by atoms with Crippen molar-refractivity contribution in [3.8, 4) is 6.07 Å². The van der Waals surface area contributed by atoms with Gasteiger partial charge in [-0.05, 0) is 31.0 Å². The second kappa shape index (κ2) is 11.1. The number of aliphatic imine (C=N–C) groups is 1. The number of thioether (sulfide) groups is 1. The maximum Gasteiger partial charge on any atom is 0.242 e. The van der Waals surface area contributed by atoms with Crippen molar-refractivity contribution >= 4 is 46.0 Å². The van der Waals surface area contributed by atoms with Crippen LogP contribution in [0, 0.1) is 11.3 Å². The smallest absolute Gasteiger partial charge is 0.242 e. The van der Waals surface area contributed by atoms with Crippen molar-refractivity contribution in [2.45, 2.75) is 51.2 Å². The minimum Gasteiger partial charge on any atom is -0.326 e. The molecule has 1 unspecified atom stereocenters. The third-order valence-electron chi connectivity index (χ3n) is 4.26. The van der Waals surface area contributed by atoms with Crippen LogP contribution in [-0.4, -0.2) is 40.2 Å². The molecule has 1 fully saturated rings. The molecule has 2 amide bonds. The molecular formula is C20H25ClN4O2S. The average molecular weight is 421 g/mol. The van der Waals surface area contributed by atoms with E-state index in [1.54, 1.807) is 17.0 Å². The molecule has 0 bridgehead atoms. The molecule has 1 saturated heterocycles. The maximum absolute atomic E-state index is 12.8. The number of halogens is 1. The van der Waals surface area contributed by atoms with Crippen molar-refractivity contribution in [2.75, 3.05) is 18.4 Å². The summed E-state index contributed by atoms with van der Waals surface area (Å²) in [6, 6.07) is 6.69. The number of nitrogens with one attached hydrogen (secondary N) is 1. The van der Waals surface area contributed by atoms with Gasteiger partial charge in [-0.2, -0.15) is 5.26 Å². The van der Waals surface area contributed by atoms with Crippen LogP contribution in [0.5, 0.6) is 0 Å². The molecule has 1 aliphatic heterocycles. The van der Waals surface area contributed by atoms with Gasteiger partial charge in [0.2, 0.25) is 11.8 Å². The Morgan fingerprint density at radius 3 is 2.75 bits per heavy atom. The molecule has 6 nitrogen and oxygen atoms in total. The number of anilines is 1. The number of amides is 2. The summed E-state index contributed by atoms with van der Waals surface area (Å²) in [6.45, 7) is 5.51. The van der Waals surface area contributed by atoms with Crippen molar-refractivity contribution in [1.29, 1.82) is 5.26 Å². The van der Waals surface area contributed by atoms with E-state index in [-0.39, 0.29) is 23.3 Å². The lowest BCUT2D eigenvalue weighted by molar-refractivity contribution is -0.128. The second-order valence-corrected chi connectivity index (χ2v) is 8.10. The molecule has 2 rings (SSSR count). The number of carbonyl (C=O) groups excluding carboxylic acids is 2. The Morgan fingerprint density at radius 2 is 2.11 bits per heavy atom. The highest BCUT2D eigenvalue weighted by Crippen LogP contribution is 2.30. The highest BCUT2D eigenvalue weighted by molar-refractivity contribution is 8.15. The van der Waals surface area contributed by atoms with E-state index in [2.05, 4.69) is 24.2 Å². The van der Waals surface area contributed by atoms with Gasteiger partial charge in [0, 0.05) is 25.2 Å². The number of benzene rings is 1. The van der Waals surface area contributed by atoms with Gasteiger partial charge in [-0.3, -0.25) is 19.5 Å². The Labute approximate surface area is 175 Å². The molecular weight excluding hydrogens is 396 g/mol. The van der Waals surface area contributed by atoms with Crippen molar-refractivity contribution in [3.63, 3.8) is 0 Å². The Kier molecular flexibility index (Phi) is 8.81. The summed E-state index contributed by atoms with van der Waals surface area (Å²) >= 11 is 7.37. The first-order valence-electron chi connectivity index (χ1n) is 9.52. The van der Waals surface area contributed by atoms with E-state index in [4.69, 9.17) is 16.9 Å². The van der Waals surface area contributed by atoms with Crippen LogP contribution in [0.1, 0.15) is 51.5 Å². The lowest BCUT2D eigenvalue weighted by Gasteiger charge is -2.16. The third kappa shape index (κ3) is 5.98. The third-order valence-corrected chi connectivity index (χ3v) is 5.78. The number of unbranched alkanes of at least 4 members (excludes halogenated alkanes) is 2. The molecule has 1 aromatic rings. The predicted molar refractivity (Wildman–Crippen MR) is 115 cm³/mol. The number of nitrogens with zero attached hydrogens (tertiary/aromatic N) is 3. The van der Waals surface area contributed by atoms with E-state index in [9.17, 15) is 9.59 Å². The van der Waals surface area contributed by atoms with Crippen LogP contribution >= 0.6 is 23.4 Å². The molecule has 0 spiro atoms. The summed E-state index contributed by atoms with van der Waals surface area (Å²) < 4.78 is 0. The van der Waals surface area contributed by atoms with Crippen LogP contribution in [0.25, 0.3) is 0 Å². The average Bonchev–Trinajstić information content (AvgIpc) is 2.95. The molecule has 0 saturated carbocycles. The molecule has 0 radical (unpaired) electrons. The summed E-state index contributed by atoms with van der Waals surface area (Å²) in [4.78, 5) is 31.5. The lowest BCUT2D eigenvalue weighted by Crippen LogP contribution is -2.34. The van der Waals surface area contributed by atoms with Gasteiger partial charge in [-0.1, -0.05) is 50.1 Å². The minimum atomic E-state index is -0.467. The highest BCUT2D eigenvalue weighted by atomic mass is 35.5. The molecule has 1 aromatic carbocycles. The SMILES string of the molecule is CCCCN=C1SC(CC(=O)Nc2ccc(C#N)c(Cl)c2)C(=O)N1CCCC. The highest BCUT2D eigenvalue weighted by Gasteiger charge is 2.38. The van der Waals surface area contributed by atoms with Crippen molar-refractivity contribution in [3.05, 3.63) is 28.8 Å². The summed E-state index contributed by atoms with van der Waals surface area (Å²) in [5, 5.41) is 12.2. The van der Waals surface area contributed by atoms with Gasteiger partial charge < -0.3 is 5.32 Å². The van der Waals surface area contributed by atoms with E-state index < -0.39 is 5.25 Å². The molecule has 1 atom stereocenters. The normalized spacial score (nSPS) is 17.8. The lowest BCUT2D eigenvalue weighted by atomic mass is 10.2. The Hall–Kier alpha value is -2.04. The van der Waals surface area contributed by atoms with E-state index in [0.29, 0.717) is 24.3 Å². The second-order valence-electron chi connectivity index (χ2n) is 6.53. The standard InChI is InChI=1S/C20H25ClN4O2S/c1-3-5-9-23-20-25(10-6-4-2)19(27)17(28-20)12-18(26)24-15-8-7-14(13-22)16(21)11-15/h7-8,11,17H,3-6,9-10,12H2,1-2H3,(H,24,26). The van der Waals surface area contributed by atoms with Gasteiger partial charge in [0.25, 0.3) is 0 Å². The first-order valence-corrected chi connectivity index (χ1v) is 10.8. The Bertz CT molecular complexity index is 791. The fourth-order valence-electron chi connectivity index (χ4n) is 2.68. The van der Waals surface area contributed by atoms with Crippen molar-refractivity contribution in [1.82, 2.24) is 4.90 Å². The van der Waals surface area contributed by atoms with Crippen LogP contribution in [0.4, 0.5) is 5.69 Å². The fourth-order valence-corrected chi connectivity index (χ4v) is 4.09. The zero-order valence-electron chi connectivity index (χ0n) is 16.2. The van der Waals surface area contributed by atoms with Crippen LogP contribution < -0.4 is 5.32 Å². The molecule has 1 N–H and O–H groups in total. The number of hydrogen-bond donors (Lipinski definition) is 1. The molecule has 1 aliphatic rings. The summed E-state index contributed by atoms with van der Waals surface area (Å²) in [5.41, 5.74) is 0.852. The number of amidine groups is 1. The van der Waals surface area contributed by atoms with Gasteiger partial charge in [0.15, 0.2) is 5.17 Å². The number of nitriles is 1. The molecule has 0 aliphatic carbocycles. The number of hydrogen-bond acceptors (Lipinski definition) is 5. The minimum absolute atomic E-state index is 0.0540. The van der Waals surface area contributed by atoms with E-state index in [1.807, 2.05) is 6.07 Å². The summed E-state index contributed by atoms with van der Waals surface area (Å²) in [7, 11) is 0. The quantitative estimate of drug-likeness (QED) is 0.598.